The number of esters is 1. The first kappa shape index (κ1) is 64.0. The fourth-order valence-corrected chi connectivity index (χ4v) is 12.7. The second-order valence-electron chi connectivity index (χ2n) is 22.9. The van der Waals surface area contributed by atoms with E-state index in [-0.39, 0.29) is 42.4 Å². The molecular formula is C54H92FN5O15S. The lowest BCUT2D eigenvalue weighted by Crippen LogP contribution is -2.60. The summed E-state index contributed by atoms with van der Waals surface area (Å²) in [6.07, 6.45) is -7.44. The molecule has 1 aromatic carbocycles. The fourth-order valence-electron chi connectivity index (χ4n) is 11.8. The van der Waals surface area contributed by atoms with Gasteiger partial charge in [-0.3, -0.25) is 4.79 Å². The Morgan fingerprint density at radius 2 is 1.63 bits per heavy atom. The van der Waals surface area contributed by atoms with Gasteiger partial charge >= 0.3 is 5.97 Å². The van der Waals surface area contributed by atoms with Crippen molar-refractivity contribution < 1.29 is 76.3 Å². The maximum Gasteiger partial charge on any atom is 0.311 e. The van der Waals surface area contributed by atoms with Crippen LogP contribution in [-0.2, 0) is 54.2 Å². The lowest BCUT2D eigenvalue weighted by molar-refractivity contribution is -0.301. The van der Waals surface area contributed by atoms with Gasteiger partial charge in [0.2, 0.25) is 0 Å². The highest BCUT2D eigenvalue weighted by Gasteiger charge is 2.52. The fraction of sp³-hybridized carbons (Fsp3) is 0.833. The number of cyclic esters (lactones) is 1. The zero-order valence-corrected chi connectivity index (χ0v) is 48.4. The molecule has 20 atom stereocenters. The van der Waals surface area contributed by atoms with Gasteiger partial charge in [-0.1, -0.05) is 45.0 Å². The van der Waals surface area contributed by atoms with E-state index in [4.69, 9.17) is 33.2 Å². The Kier molecular flexibility index (Phi) is 22.4. The molecule has 5 N–H and O–H groups in total. The number of sulfone groups is 1. The van der Waals surface area contributed by atoms with Crippen LogP contribution >= 0.6 is 0 Å². The summed E-state index contributed by atoms with van der Waals surface area (Å²) < 4.78 is 85.0. The van der Waals surface area contributed by atoms with Crippen LogP contribution in [0, 0.1) is 17.8 Å². The molecule has 3 saturated heterocycles. The molecule has 436 valence electrons. The number of ether oxygens (including phenoxy) is 7. The number of halogens is 1. The number of carbonyl (C=O) groups is 1. The van der Waals surface area contributed by atoms with E-state index in [0.29, 0.717) is 37.2 Å². The molecule has 3 aliphatic heterocycles. The van der Waals surface area contributed by atoms with Crippen LogP contribution in [0.25, 0.3) is 0 Å². The number of hydrogen-bond donors (Lipinski definition) is 5. The zero-order valence-electron chi connectivity index (χ0n) is 47.6. The van der Waals surface area contributed by atoms with E-state index in [9.17, 15) is 43.1 Å². The SMILES string of the molecule is CC[C@H]1OC(=O)[C@H](C)[C@@H](OC[C@H]2C[C@@](C)(OC)[C@@H](O)[C@H](C)O2)[C@H](C)[C@@H](O[C@@H]2O[C@H](C)C[C@H](N(C)CCc3cn([C@H](CF)[C@H](OC)c4ccc(S(=O)(=O)CC)cc4)nn3)[C@H]2O)[C@](C)(O)C[C@@H](C)CN(C)[C@H](C)[C@@H](O)[C@]1(C)O. The largest absolute Gasteiger partial charge is 0.459 e. The quantitative estimate of drug-likeness (QED) is 0.133. The van der Waals surface area contributed by atoms with Gasteiger partial charge in [0.25, 0.3) is 0 Å². The lowest BCUT2D eigenvalue weighted by Gasteiger charge is -2.48. The van der Waals surface area contributed by atoms with Gasteiger partial charge in [-0.2, -0.15) is 0 Å². The molecule has 4 heterocycles. The Morgan fingerprint density at radius 3 is 2.22 bits per heavy atom. The van der Waals surface area contributed by atoms with Crippen molar-refractivity contribution in [1.29, 1.82) is 0 Å². The van der Waals surface area contributed by atoms with Gasteiger partial charge in [0.05, 0.1) is 70.6 Å². The molecule has 76 heavy (non-hydrogen) atoms. The molecule has 0 spiro atoms. The van der Waals surface area contributed by atoms with Crippen LogP contribution in [0.4, 0.5) is 4.39 Å². The molecule has 0 radical (unpaired) electrons. The van der Waals surface area contributed by atoms with Crippen molar-refractivity contribution >= 4 is 15.8 Å². The monoisotopic (exact) mass is 1100 g/mol. The molecule has 22 heteroatoms. The van der Waals surface area contributed by atoms with Crippen molar-refractivity contribution in [3.8, 4) is 0 Å². The van der Waals surface area contributed by atoms with E-state index in [1.165, 1.54) is 38.0 Å². The van der Waals surface area contributed by atoms with Crippen molar-refractivity contribution in [3.63, 3.8) is 0 Å². The van der Waals surface area contributed by atoms with Gasteiger partial charge < -0.3 is 68.5 Å². The first-order valence-electron chi connectivity index (χ1n) is 27.1. The van der Waals surface area contributed by atoms with Gasteiger partial charge in [0.15, 0.2) is 16.1 Å². The van der Waals surface area contributed by atoms with Crippen LogP contribution in [0.15, 0.2) is 35.4 Å². The molecule has 0 aliphatic carbocycles. The lowest BCUT2D eigenvalue weighted by atomic mass is 9.77. The van der Waals surface area contributed by atoms with Crippen LogP contribution in [0.1, 0.15) is 125 Å². The Labute approximate surface area is 450 Å². The topological polar surface area (TPSA) is 254 Å². The molecule has 0 amide bonds. The summed E-state index contributed by atoms with van der Waals surface area (Å²) >= 11 is 0. The minimum atomic E-state index is -3.44. The van der Waals surface area contributed by atoms with Crippen LogP contribution in [0.2, 0.25) is 0 Å². The Hall–Kier alpha value is -2.81. The Balaban J connectivity index is 1.42. The normalized spacial score (nSPS) is 38.8. The molecule has 0 unspecified atom stereocenters. The zero-order chi connectivity index (χ0) is 56.8. The molecule has 3 fully saturated rings. The Morgan fingerprint density at radius 1 is 0.974 bits per heavy atom. The third kappa shape index (κ3) is 14.8. The van der Waals surface area contributed by atoms with Gasteiger partial charge in [-0.05, 0) is 105 Å². The summed E-state index contributed by atoms with van der Waals surface area (Å²) in [5.41, 5.74) is -3.34. The Bertz CT molecular complexity index is 2240. The third-order valence-corrected chi connectivity index (χ3v) is 18.5. The summed E-state index contributed by atoms with van der Waals surface area (Å²) in [5.74, 6) is -2.85. The van der Waals surface area contributed by atoms with Gasteiger partial charge in [-0.25, -0.2) is 17.5 Å². The van der Waals surface area contributed by atoms with Crippen LogP contribution in [-0.4, -0.2) is 215 Å². The second-order valence-corrected chi connectivity index (χ2v) is 25.1. The van der Waals surface area contributed by atoms with Crippen molar-refractivity contribution in [1.82, 2.24) is 24.8 Å². The average molecular weight is 1100 g/mol. The summed E-state index contributed by atoms with van der Waals surface area (Å²) in [7, 11) is 3.22. The highest BCUT2D eigenvalue weighted by molar-refractivity contribution is 7.91. The first-order chi connectivity index (χ1) is 35.5. The standard InChI is InChI=1S/C54H92FN5O15S/c1-16-43-54(11,66)47(62)35(7)59(13)28-31(3)25-52(9,65)49(33(5)45(34(6)50(64)74-43)71-30-39-26-53(10,70-15)48(63)36(8)73-39)75-51-44(61)41(24-32(4)72-51)58(12)23-22-38-29-60(57-56-38)42(27-55)46(69-14)37-18-20-40(21-19-37)76(67,68)17-2/h18-21,29,31-36,39,41-49,51,61-63,65-66H,16-17,22-28,30H2,1-15H3/t31-,32-,33+,34-,35-,36+,39-,41+,42-,43-,44-,45+,46-,47-,48+,49-,51+,52-,53-,54-/m1/s1. The van der Waals surface area contributed by atoms with Crippen molar-refractivity contribution in [2.45, 2.75) is 215 Å². The number of aromatic nitrogens is 3. The summed E-state index contributed by atoms with van der Waals surface area (Å²) in [4.78, 5) is 18.5. The molecule has 5 rings (SSSR count). The average Bonchev–Trinajstić information content (AvgIpc) is 3.85. The summed E-state index contributed by atoms with van der Waals surface area (Å²) in [5, 5.41) is 68.3. The molecule has 1 aromatic heterocycles. The predicted molar refractivity (Wildman–Crippen MR) is 281 cm³/mol. The van der Waals surface area contributed by atoms with Gasteiger partial charge in [0, 0.05) is 64.3 Å². The number of aliphatic hydroxyl groups is 5. The van der Waals surface area contributed by atoms with E-state index in [1.807, 2.05) is 44.7 Å². The van der Waals surface area contributed by atoms with E-state index >= 15 is 0 Å². The predicted octanol–water partition coefficient (Wildman–Crippen LogP) is 3.84. The molecule has 0 bridgehead atoms. The number of rotatable bonds is 18. The third-order valence-electron chi connectivity index (χ3n) is 16.7. The summed E-state index contributed by atoms with van der Waals surface area (Å²) in [6, 6.07) is 4.17. The van der Waals surface area contributed by atoms with Crippen LogP contribution < -0.4 is 0 Å². The molecule has 0 saturated carbocycles. The number of alkyl halides is 1. The van der Waals surface area contributed by atoms with Crippen molar-refractivity contribution in [2.75, 3.05) is 60.4 Å². The number of methoxy groups -OCH3 is 2. The maximum absolute atomic E-state index is 14.8. The van der Waals surface area contributed by atoms with Crippen LogP contribution in [0.3, 0.4) is 0 Å². The molecule has 2 aromatic rings. The number of likely N-dealkylation sites (N-methyl/N-ethyl adjacent to an activating group) is 2. The van der Waals surface area contributed by atoms with E-state index in [2.05, 4.69) is 10.3 Å². The maximum atomic E-state index is 14.8. The van der Waals surface area contributed by atoms with E-state index in [0.717, 1.165) is 0 Å². The molecule has 20 nitrogen and oxygen atoms in total. The van der Waals surface area contributed by atoms with Gasteiger partial charge in [0.1, 0.15) is 48.8 Å². The highest BCUT2D eigenvalue weighted by Crippen LogP contribution is 2.39. The van der Waals surface area contributed by atoms with Crippen LogP contribution in [0.5, 0.6) is 0 Å². The number of hydrogen-bond acceptors (Lipinski definition) is 19. The number of carbonyl (C=O) groups excluding carboxylic acids is 1. The van der Waals surface area contributed by atoms with E-state index in [1.54, 1.807) is 66.8 Å². The van der Waals surface area contributed by atoms with Crippen molar-refractivity contribution in [2.24, 2.45) is 17.8 Å². The summed E-state index contributed by atoms with van der Waals surface area (Å²) in [6.45, 7) is 19.0. The second kappa shape index (κ2) is 26.6. The first-order valence-corrected chi connectivity index (χ1v) is 28.7. The van der Waals surface area contributed by atoms with Crippen molar-refractivity contribution in [3.05, 3.63) is 41.7 Å². The number of aliphatic hydroxyl groups excluding tert-OH is 3. The molecule has 3 aliphatic rings. The smallest absolute Gasteiger partial charge is 0.311 e. The highest BCUT2D eigenvalue weighted by atomic mass is 32.2. The van der Waals surface area contributed by atoms with Gasteiger partial charge in [-0.15, -0.1) is 5.10 Å². The number of benzene rings is 1. The van der Waals surface area contributed by atoms with E-state index < -0.39 is 137 Å². The number of nitrogens with zero attached hydrogens (tertiary/aromatic N) is 5. The molecular weight excluding hydrogens is 1010 g/mol. The minimum absolute atomic E-state index is 0.0490. The minimum Gasteiger partial charge on any atom is -0.459 e.